The minimum absolute atomic E-state index is 0.00143. The molecule has 10 rings (SSSR count). The topological polar surface area (TPSA) is 6.48 Å². The highest BCUT2D eigenvalue weighted by Gasteiger charge is 2.44. The van der Waals surface area contributed by atoms with Crippen LogP contribution in [0.15, 0.2) is 194 Å². The Hall–Kier alpha value is -6.58. The van der Waals surface area contributed by atoms with Gasteiger partial charge in [0.2, 0.25) is 0 Å². The van der Waals surface area contributed by atoms with E-state index in [1.807, 2.05) is 0 Å². The Balaban J connectivity index is 1.20. The average Bonchev–Trinajstić information content (AvgIpc) is 3.27. The molecule has 2 aliphatic rings. The van der Waals surface area contributed by atoms with Gasteiger partial charge in [0.15, 0.2) is 0 Å². The number of nitrogens with zero attached hydrogens (tertiary/aromatic N) is 2. The molecule has 8 aromatic rings. The van der Waals surface area contributed by atoms with Gasteiger partial charge in [-0.05, 0) is 122 Å². The number of para-hydroxylation sites is 1. The molecule has 3 heteroatoms. The minimum Gasteiger partial charge on any atom is -0.311 e. The summed E-state index contributed by atoms with van der Waals surface area (Å²) in [5.74, 6) is 0. The van der Waals surface area contributed by atoms with E-state index >= 15 is 0 Å². The van der Waals surface area contributed by atoms with Crippen LogP contribution in [0.4, 0.5) is 34.1 Å². The molecule has 0 radical (unpaired) electrons. The summed E-state index contributed by atoms with van der Waals surface area (Å²) < 4.78 is 0. The Kier molecular flexibility index (Phi) is 9.22. The molecule has 0 bridgehead atoms. The van der Waals surface area contributed by atoms with E-state index in [1.165, 1.54) is 83.8 Å². The highest BCUT2D eigenvalue weighted by atomic mass is 15.2. The maximum absolute atomic E-state index is 2.56. The van der Waals surface area contributed by atoms with Crippen molar-refractivity contribution in [3.05, 3.63) is 233 Å². The van der Waals surface area contributed by atoms with Gasteiger partial charge in [0.1, 0.15) is 0 Å². The summed E-state index contributed by atoms with van der Waals surface area (Å²) in [4.78, 5) is 5.08. The summed E-state index contributed by atoms with van der Waals surface area (Å²) in [6, 6.07) is 72.8. The molecule has 298 valence electrons. The van der Waals surface area contributed by atoms with Crippen LogP contribution in [0.5, 0.6) is 0 Å². The lowest BCUT2D eigenvalue weighted by Gasteiger charge is -2.45. The quantitative estimate of drug-likeness (QED) is 0.122. The first-order valence-corrected chi connectivity index (χ1v) is 21.8. The second kappa shape index (κ2) is 14.6. The van der Waals surface area contributed by atoms with Crippen LogP contribution >= 0.6 is 0 Å². The van der Waals surface area contributed by atoms with Crippen LogP contribution in [0.1, 0.15) is 80.5 Å². The van der Waals surface area contributed by atoms with Gasteiger partial charge >= 0.3 is 0 Å². The van der Waals surface area contributed by atoms with Crippen molar-refractivity contribution < 1.29 is 0 Å². The Bertz CT molecular complexity index is 2790. The van der Waals surface area contributed by atoms with Gasteiger partial charge in [-0.3, -0.25) is 0 Å². The van der Waals surface area contributed by atoms with Gasteiger partial charge in [0.05, 0.1) is 5.41 Å². The first-order valence-electron chi connectivity index (χ1n) is 21.8. The molecule has 0 amide bonds. The maximum Gasteiger partial charge on any atom is 0.252 e. The fourth-order valence-corrected chi connectivity index (χ4v) is 10.1. The lowest BCUT2D eigenvalue weighted by atomic mass is 9.33. The number of hydrogen-bond donors (Lipinski definition) is 0. The zero-order valence-electron chi connectivity index (χ0n) is 36.4. The molecule has 0 aliphatic carbocycles. The molecule has 0 atom stereocenters. The third-order valence-electron chi connectivity index (χ3n) is 13.1. The summed E-state index contributed by atoms with van der Waals surface area (Å²) in [6.45, 7) is 16.2. The Morgan fingerprint density at radius 1 is 0.344 bits per heavy atom. The molecule has 61 heavy (non-hydrogen) atoms. The summed E-state index contributed by atoms with van der Waals surface area (Å²) >= 11 is 0. The molecular weight excluding hydrogens is 735 g/mol. The second-order valence-electron chi connectivity index (χ2n) is 19.1. The Morgan fingerprint density at radius 3 is 1.34 bits per heavy atom. The molecule has 0 fully saturated rings. The van der Waals surface area contributed by atoms with Gasteiger partial charge < -0.3 is 9.80 Å². The van der Waals surface area contributed by atoms with Gasteiger partial charge in [-0.1, -0.05) is 187 Å². The third kappa shape index (κ3) is 6.33. The number of fused-ring (bicyclic) bond motifs is 4. The highest BCUT2D eigenvalue weighted by Crippen LogP contribution is 2.48. The van der Waals surface area contributed by atoms with Gasteiger partial charge in [-0.25, -0.2) is 0 Å². The molecule has 0 N–H and O–H groups in total. The average molecular weight is 789 g/mol. The molecule has 0 saturated carbocycles. The number of anilines is 6. The van der Waals surface area contributed by atoms with E-state index in [4.69, 9.17) is 0 Å². The smallest absolute Gasteiger partial charge is 0.252 e. The van der Waals surface area contributed by atoms with Crippen LogP contribution in [0.25, 0.3) is 0 Å². The second-order valence-corrected chi connectivity index (χ2v) is 19.1. The molecule has 2 nitrogen and oxygen atoms in total. The molecule has 0 unspecified atom stereocenters. The maximum atomic E-state index is 2.56. The van der Waals surface area contributed by atoms with E-state index in [1.54, 1.807) is 0 Å². The fraction of sp³-hybridized carbons (Fsp3) is 0.172. The first-order chi connectivity index (χ1) is 29.4. The van der Waals surface area contributed by atoms with Crippen molar-refractivity contribution in [1.29, 1.82) is 0 Å². The van der Waals surface area contributed by atoms with Crippen molar-refractivity contribution in [3.63, 3.8) is 0 Å². The van der Waals surface area contributed by atoms with Gasteiger partial charge in [-0.15, -0.1) is 0 Å². The van der Waals surface area contributed by atoms with Crippen molar-refractivity contribution in [3.8, 4) is 0 Å². The van der Waals surface area contributed by atoms with Crippen LogP contribution < -0.4 is 26.2 Å². The molecular formula is C58H53BN2. The predicted octanol–water partition coefficient (Wildman–Crippen LogP) is 13.1. The normalized spacial score (nSPS) is 13.4. The molecule has 2 heterocycles. The van der Waals surface area contributed by atoms with Crippen molar-refractivity contribution >= 4 is 57.2 Å². The van der Waals surface area contributed by atoms with E-state index in [9.17, 15) is 0 Å². The zero-order valence-corrected chi connectivity index (χ0v) is 36.4. The van der Waals surface area contributed by atoms with Crippen molar-refractivity contribution in [2.75, 3.05) is 9.80 Å². The number of hydrogen-bond acceptors (Lipinski definition) is 2. The number of rotatable bonds is 6. The van der Waals surface area contributed by atoms with E-state index in [0.29, 0.717) is 0 Å². The first kappa shape index (κ1) is 38.6. The monoisotopic (exact) mass is 788 g/mol. The standard InChI is InChI=1S/C58H53BN2/c1-40-36-53-55-54(37-40)61(48-27-19-26-45(38-48)56(2,3)4)52-39-46(57(5,6)7)32-35-50(52)59(55)49-28-17-18-29-51(49)60(53)47-33-30-44(31-34-47)58(41-20-11-8-12-21-41,42-22-13-9-14-23-42)43-24-15-10-16-25-43/h8-39H,1-7H3. The van der Waals surface area contributed by atoms with Crippen LogP contribution in [0.2, 0.25) is 0 Å². The van der Waals surface area contributed by atoms with Crippen molar-refractivity contribution in [2.45, 2.75) is 64.7 Å². The lowest BCUT2D eigenvalue weighted by molar-refractivity contribution is 0.590. The SMILES string of the molecule is Cc1cc2c3c(c1)N(c1cccc(C(C)(C)C)c1)c1cc(C(C)(C)C)ccc1B3c1ccccc1N2c1ccc(C(c2ccccc2)(c2ccccc2)c2ccccc2)cc1. The van der Waals surface area contributed by atoms with Crippen LogP contribution in [0.3, 0.4) is 0 Å². The Labute approximate surface area is 363 Å². The van der Waals surface area contributed by atoms with Crippen molar-refractivity contribution in [1.82, 2.24) is 0 Å². The van der Waals surface area contributed by atoms with Gasteiger partial charge in [0.25, 0.3) is 6.71 Å². The van der Waals surface area contributed by atoms with Crippen molar-refractivity contribution in [2.24, 2.45) is 0 Å². The summed E-state index contributed by atoms with van der Waals surface area (Å²) in [5.41, 5.74) is 19.6. The predicted molar refractivity (Wildman–Crippen MR) is 261 cm³/mol. The lowest BCUT2D eigenvalue weighted by Crippen LogP contribution is -2.61. The summed E-state index contributed by atoms with van der Waals surface area (Å²) in [7, 11) is 0. The fourth-order valence-electron chi connectivity index (χ4n) is 10.1. The van der Waals surface area contributed by atoms with Gasteiger partial charge in [-0.2, -0.15) is 0 Å². The molecule has 8 aromatic carbocycles. The molecule has 0 aromatic heterocycles. The van der Waals surface area contributed by atoms with Crippen LogP contribution in [-0.4, -0.2) is 6.71 Å². The molecule has 0 saturated heterocycles. The summed E-state index contributed by atoms with van der Waals surface area (Å²) in [5, 5.41) is 0. The molecule has 2 aliphatic heterocycles. The van der Waals surface area contributed by atoms with Crippen LogP contribution in [0, 0.1) is 6.92 Å². The van der Waals surface area contributed by atoms with E-state index in [2.05, 4.69) is 252 Å². The Morgan fingerprint density at radius 2 is 0.787 bits per heavy atom. The number of benzene rings is 8. The number of aryl methyl sites for hydroxylation is 1. The molecule has 0 spiro atoms. The minimum atomic E-state index is -0.520. The van der Waals surface area contributed by atoms with E-state index < -0.39 is 5.41 Å². The van der Waals surface area contributed by atoms with Gasteiger partial charge in [0, 0.05) is 34.1 Å². The largest absolute Gasteiger partial charge is 0.311 e. The van der Waals surface area contributed by atoms with Crippen LogP contribution in [-0.2, 0) is 16.2 Å². The van der Waals surface area contributed by atoms with E-state index in [-0.39, 0.29) is 17.5 Å². The zero-order chi connectivity index (χ0) is 42.1. The third-order valence-corrected chi connectivity index (χ3v) is 13.1. The highest BCUT2D eigenvalue weighted by molar-refractivity contribution is 7.00. The summed E-state index contributed by atoms with van der Waals surface area (Å²) in [6.07, 6.45) is 0. The van der Waals surface area contributed by atoms with E-state index in [0.717, 1.165) is 5.69 Å².